The minimum absolute atomic E-state index is 0.399. The second-order valence-electron chi connectivity index (χ2n) is 6.90. The van der Waals surface area contributed by atoms with Gasteiger partial charge in [-0.2, -0.15) is 0 Å². The molecule has 1 saturated carbocycles. The monoisotopic (exact) mass is 290 g/mol. The third kappa shape index (κ3) is 3.22. The highest BCUT2D eigenvalue weighted by atomic mass is 35.5. The van der Waals surface area contributed by atoms with E-state index in [4.69, 9.17) is 11.6 Å². The topological polar surface area (TPSA) is 0 Å². The molecule has 0 nitrogen and oxygen atoms in total. The first-order chi connectivity index (χ1) is 9.76. The second-order valence-corrected chi connectivity index (χ2v) is 7.47. The fraction of sp³-hybridized carbons (Fsp3) is 0.684. The van der Waals surface area contributed by atoms with Gasteiger partial charge in [0, 0.05) is 5.38 Å². The van der Waals surface area contributed by atoms with Crippen LogP contribution in [0.2, 0.25) is 0 Å². The maximum Gasteiger partial charge on any atom is 0.0367 e. The lowest BCUT2D eigenvalue weighted by atomic mass is 9.76. The number of halogens is 1. The molecule has 0 bridgehead atoms. The Balaban J connectivity index is 1.66. The van der Waals surface area contributed by atoms with Gasteiger partial charge >= 0.3 is 0 Å². The molecule has 0 spiro atoms. The summed E-state index contributed by atoms with van der Waals surface area (Å²) in [4.78, 5) is 0. The summed E-state index contributed by atoms with van der Waals surface area (Å²) in [5, 5.41) is 0.399. The van der Waals surface area contributed by atoms with Crippen LogP contribution in [0.1, 0.15) is 62.1 Å². The molecule has 0 N–H and O–H groups in total. The van der Waals surface area contributed by atoms with Crippen LogP contribution in [0.5, 0.6) is 0 Å². The van der Waals surface area contributed by atoms with Gasteiger partial charge < -0.3 is 0 Å². The van der Waals surface area contributed by atoms with Gasteiger partial charge in [0.25, 0.3) is 0 Å². The van der Waals surface area contributed by atoms with Gasteiger partial charge in [-0.25, -0.2) is 0 Å². The predicted molar refractivity (Wildman–Crippen MR) is 87.6 cm³/mol. The minimum Gasteiger partial charge on any atom is -0.123 e. The summed E-state index contributed by atoms with van der Waals surface area (Å²) in [5.74, 6) is 1.62. The van der Waals surface area contributed by atoms with Crippen molar-refractivity contribution in [2.75, 3.05) is 0 Å². The zero-order valence-corrected chi connectivity index (χ0v) is 13.5. The van der Waals surface area contributed by atoms with Crippen LogP contribution in [0, 0.1) is 11.8 Å². The summed E-state index contributed by atoms with van der Waals surface area (Å²) in [6.45, 7) is 2.31. The van der Waals surface area contributed by atoms with Crippen molar-refractivity contribution in [1.82, 2.24) is 0 Å². The quantitative estimate of drug-likeness (QED) is 0.639. The molecule has 1 aromatic rings. The average molecular weight is 291 g/mol. The molecular weight excluding hydrogens is 264 g/mol. The number of hydrogen-bond acceptors (Lipinski definition) is 0. The van der Waals surface area contributed by atoms with E-state index >= 15 is 0 Å². The Morgan fingerprint density at radius 1 is 1.15 bits per heavy atom. The Morgan fingerprint density at radius 2 is 2.00 bits per heavy atom. The van der Waals surface area contributed by atoms with Crippen molar-refractivity contribution in [3.05, 3.63) is 34.9 Å². The fourth-order valence-corrected chi connectivity index (χ4v) is 4.58. The Bertz CT molecular complexity index is 451. The number of rotatable bonds is 4. The van der Waals surface area contributed by atoms with Gasteiger partial charge in [-0.15, -0.1) is 11.6 Å². The second kappa shape index (κ2) is 6.52. The minimum atomic E-state index is 0.399. The molecule has 1 aromatic carbocycles. The Labute approximate surface area is 128 Å². The number of alkyl halides is 1. The molecule has 20 heavy (non-hydrogen) atoms. The zero-order valence-electron chi connectivity index (χ0n) is 12.7. The molecule has 2 aliphatic rings. The van der Waals surface area contributed by atoms with E-state index in [1.807, 2.05) is 0 Å². The third-order valence-electron chi connectivity index (χ3n) is 5.36. The summed E-state index contributed by atoms with van der Waals surface area (Å²) in [7, 11) is 0. The molecule has 110 valence electrons. The Hall–Kier alpha value is -0.490. The van der Waals surface area contributed by atoms with Crippen LogP contribution < -0.4 is 0 Å². The first kappa shape index (κ1) is 14.4. The van der Waals surface area contributed by atoms with E-state index in [0.717, 1.165) is 5.92 Å². The van der Waals surface area contributed by atoms with Gasteiger partial charge in [0.05, 0.1) is 0 Å². The molecule has 0 radical (unpaired) electrons. The van der Waals surface area contributed by atoms with Gasteiger partial charge in [0.2, 0.25) is 0 Å². The van der Waals surface area contributed by atoms with Crippen molar-refractivity contribution in [3.8, 4) is 0 Å². The Morgan fingerprint density at radius 3 is 2.85 bits per heavy atom. The maximum absolute atomic E-state index is 6.62. The summed E-state index contributed by atoms with van der Waals surface area (Å²) in [6, 6.07) is 7.19. The van der Waals surface area contributed by atoms with E-state index in [1.54, 1.807) is 11.1 Å². The van der Waals surface area contributed by atoms with Crippen LogP contribution in [0.3, 0.4) is 0 Å². The smallest absolute Gasteiger partial charge is 0.0367 e. The number of benzene rings is 1. The molecule has 2 aliphatic carbocycles. The summed E-state index contributed by atoms with van der Waals surface area (Å²) < 4.78 is 0. The molecule has 3 unspecified atom stereocenters. The molecular formula is C19H27Cl. The molecule has 0 amide bonds. The normalized spacial score (nSPS) is 29.4. The van der Waals surface area contributed by atoms with E-state index in [9.17, 15) is 0 Å². The van der Waals surface area contributed by atoms with Crippen LogP contribution in [0.25, 0.3) is 0 Å². The van der Waals surface area contributed by atoms with E-state index < -0.39 is 0 Å². The van der Waals surface area contributed by atoms with Crippen molar-refractivity contribution >= 4 is 11.6 Å². The number of hydrogen-bond donors (Lipinski definition) is 0. The molecule has 0 aromatic heterocycles. The summed E-state index contributed by atoms with van der Waals surface area (Å²) in [5.41, 5.74) is 4.72. The highest BCUT2D eigenvalue weighted by Gasteiger charge is 2.29. The highest BCUT2D eigenvalue weighted by molar-refractivity contribution is 6.20. The SMILES string of the molecule is CCCC1CCC(Cl)C(Cc2ccc3c(c2)CCC3)C1. The van der Waals surface area contributed by atoms with Gasteiger partial charge in [0.15, 0.2) is 0 Å². The first-order valence-corrected chi connectivity index (χ1v) is 8.94. The van der Waals surface area contributed by atoms with Crippen LogP contribution in [-0.4, -0.2) is 5.38 Å². The van der Waals surface area contributed by atoms with Crippen LogP contribution >= 0.6 is 11.6 Å². The van der Waals surface area contributed by atoms with Crippen molar-refractivity contribution < 1.29 is 0 Å². The summed E-state index contributed by atoms with van der Waals surface area (Å²) >= 11 is 6.62. The molecule has 0 heterocycles. The van der Waals surface area contributed by atoms with Crippen LogP contribution in [-0.2, 0) is 19.3 Å². The van der Waals surface area contributed by atoms with E-state index in [0.29, 0.717) is 11.3 Å². The van der Waals surface area contributed by atoms with Crippen molar-refractivity contribution in [2.45, 2.75) is 70.1 Å². The van der Waals surface area contributed by atoms with Crippen LogP contribution in [0.15, 0.2) is 18.2 Å². The van der Waals surface area contributed by atoms with E-state index in [1.165, 1.54) is 63.4 Å². The van der Waals surface area contributed by atoms with Gasteiger partial charge in [0.1, 0.15) is 0 Å². The lowest BCUT2D eigenvalue weighted by molar-refractivity contribution is 0.257. The Kier molecular flexibility index (Phi) is 4.71. The maximum atomic E-state index is 6.62. The van der Waals surface area contributed by atoms with Crippen molar-refractivity contribution in [2.24, 2.45) is 11.8 Å². The lowest BCUT2D eigenvalue weighted by Gasteiger charge is -2.33. The molecule has 3 rings (SSSR count). The average Bonchev–Trinajstić information content (AvgIpc) is 2.90. The molecule has 0 saturated heterocycles. The highest BCUT2D eigenvalue weighted by Crippen LogP contribution is 2.37. The summed E-state index contributed by atoms with van der Waals surface area (Å²) in [6.07, 6.45) is 11.8. The number of aryl methyl sites for hydroxylation is 2. The van der Waals surface area contributed by atoms with Crippen molar-refractivity contribution in [3.63, 3.8) is 0 Å². The third-order valence-corrected chi connectivity index (χ3v) is 5.93. The number of fused-ring (bicyclic) bond motifs is 1. The van der Waals surface area contributed by atoms with Gasteiger partial charge in [-0.3, -0.25) is 0 Å². The van der Waals surface area contributed by atoms with Gasteiger partial charge in [-0.1, -0.05) is 38.0 Å². The fourth-order valence-electron chi connectivity index (χ4n) is 4.26. The first-order valence-electron chi connectivity index (χ1n) is 8.51. The molecule has 1 heteroatoms. The predicted octanol–water partition coefficient (Wildman–Crippen LogP) is 5.54. The van der Waals surface area contributed by atoms with E-state index in [2.05, 4.69) is 25.1 Å². The zero-order chi connectivity index (χ0) is 13.9. The van der Waals surface area contributed by atoms with Crippen molar-refractivity contribution in [1.29, 1.82) is 0 Å². The lowest BCUT2D eigenvalue weighted by Crippen LogP contribution is -2.27. The molecule has 1 fully saturated rings. The molecule has 3 atom stereocenters. The standard InChI is InChI=1S/C19H27Cl/c1-2-4-14-8-10-19(20)18(11-14)13-15-7-9-16-5-3-6-17(16)12-15/h7,9,12,14,18-19H,2-6,8,10-11,13H2,1H3. The molecule has 0 aliphatic heterocycles. The van der Waals surface area contributed by atoms with Crippen LogP contribution in [0.4, 0.5) is 0 Å². The van der Waals surface area contributed by atoms with Gasteiger partial charge in [-0.05, 0) is 73.5 Å². The largest absolute Gasteiger partial charge is 0.123 e. The van der Waals surface area contributed by atoms with E-state index in [-0.39, 0.29) is 0 Å².